The van der Waals surface area contributed by atoms with Gasteiger partial charge >= 0.3 is 6.18 Å². The molecule has 3 N–H and O–H groups in total. The van der Waals surface area contributed by atoms with Gasteiger partial charge in [-0.1, -0.05) is 6.07 Å². The van der Waals surface area contributed by atoms with Crippen LogP contribution in [0.5, 0.6) is 0 Å². The number of halogens is 4. The first-order chi connectivity index (χ1) is 8.37. The molecule has 0 spiro atoms. The Kier molecular flexibility index (Phi) is 5.43. The third kappa shape index (κ3) is 4.47. The summed E-state index contributed by atoms with van der Waals surface area (Å²) in [4.78, 5) is 1.07. The van der Waals surface area contributed by atoms with Crippen molar-refractivity contribution in [3.8, 4) is 0 Å². The van der Waals surface area contributed by atoms with Crippen molar-refractivity contribution in [3.05, 3.63) is 28.2 Å². The molecule has 3 nitrogen and oxygen atoms in total. The Bertz CT molecular complexity index is 398. The third-order valence-corrected chi connectivity index (χ3v) is 2.96. The van der Waals surface area contributed by atoms with Crippen LogP contribution in [0.1, 0.15) is 5.56 Å². The van der Waals surface area contributed by atoms with Crippen LogP contribution in [-0.2, 0) is 6.54 Å². The molecule has 0 atom stereocenters. The molecule has 18 heavy (non-hydrogen) atoms. The third-order valence-electron chi connectivity index (χ3n) is 2.33. The number of anilines is 1. The highest BCUT2D eigenvalue weighted by Gasteiger charge is 2.31. The van der Waals surface area contributed by atoms with E-state index in [1.54, 1.807) is 18.2 Å². The van der Waals surface area contributed by atoms with Crippen molar-refractivity contribution >= 4 is 21.6 Å². The highest BCUT2D eigenvalue weighted by atomic mass is 79.9. The number of benzene rings is 1. The van der Waals surface area contributed by atoms with E-state index in [1.807, 2.05) is 0 Å². The smallest absolute Gasteiger partial charge is 0.395 e. The van der Waals surface area contributed by atoms with Gasteiger partial charge in [0.25, 0.3) is 0 Å². The molecule has 102 valence electrons. The number of hydrogen-bond acceptors (Lipinski definition) is 3. The number of hydrogen-bond donors (Lipinski definition) is 2. The second-order valence-electron chi connectivity index (χ2n) is 3.75. The fourth-order valence-electron chi connectivity index (χ4n) is 1.56. The van der Waals surface area contributed by atoms with Crippen LogP contribution in [0.3, 0.4) is 0 Å². The van der Waals surface area contributed by atoms with Gasteiger partial charge in [0.1, 0.15) is 6.54 Å². The van der Waals surface area contributed by atoms with E-state index in [-0.39, 0.29) is 13.2 Å². The molecule has 1 rings (SSSR count). The molecule has 0 radical (unpaired) electrons. The Morgan fingerprint density at radius 2 is 2.00 bits per heavy atom. The van der Waals surface area contributed by atoms with Crippen LogP contribution < -0.4 is 10.6 Å². The van der Waals surface area contributed by atoms with E-state index in [0.29, 0.717) is 16.7 Å². The minimum absolute atomic E-state index is 0.0833. The summed E-state index contributed by atoms with van der Waals surface area (Å²) in [6.07, 6.45) is -4.32. The van der Waals surface area contributed by atoms with Crippen molar-refractivity contribution in [1.82, 2.24) is 0 Å². The Balaban J connectivity index is 2.98. The van der Waals surface area contributed by atoms with Gasteiger partial charge in [0, 0.05) is 17.6 Å². The normalized spacial score (nSPS) is 11.7. The highest BCUT2D eigenvalue weighted by molar-refractivity contribution is 9.10. The van der Waals surface area contributed by atoms with E-state index in [9.17, 15) is 13.2 Å². The molecule has 0 aliphatic heterocycles. The van der Waals surface area contributed by atoms with Gasteiger partial charge in [-0.05, 0) is 33.6 Å². The first kappa shape index (κ1) is 15.3. The van der Waals surface area contributed by atoms with Crippen LogP contribution in [0.15, 0.2) is 22.7 Å². The molecular weight excluding hydrogens is 313 g/mol. The summed E-state index contributed by atoms with van der Waals surface area (Å²) in [6.45, 7) is -1.21. The fourth-order valence-corrected chi connectivity index (χ4v) is 2.23. The fraction of sp³-hybridized carbons (Fsp3) is 0.455. The largest absolute Gasteiger partial charge is 0.405 e. The van der Waals surface area contributed by atoms with Gasteiger partial charge in [0.15, 0.2) is 0 Å². The molecule has 0 aliphatic carbocycles. The molecular formula is C11H14BrF3N2O. The zero-order valence-corrected chi connectivity index (χ0v) is 11.1. The second-order valence-corrected chi connectivity index (χ2v) is 4.60. The van der Waals surface area contributed by atoms with E-state index < -0.39 is 12.7 Å². The molecule has 0 aromatic heterocycles. The van der Waals surface area contributed by atoms with Gasteiger partial charge in [-0.15, -0.1) is 0 Å². The lowest BCUT2D eigenvalue weighted by Gasteiger charge is -2.26. The average molecular weight is 327 g/mol. The minimum Gasteiger partial charge on any atom is -0.395 e. The van der Waals surface area contributed by atoms with Gasteiger partial charge in [0.05, 0.1) is 12.3 Å². The molecule has 0 bridgehead atoms. The zero-order valence-electron chi connectivity index (χ0n) is 9.54. The summed E-state index contributed by atoms with van der Waals surface area (Å²) < 4.78 is 37.8. The van der Waals surface area contributed by atoms with E-state index in [4.69, 9.17) is 10.8 Å². The van der Waals surface area contributed by atoms with E-state index in [2.05, 4.69) is 15.9 Å². The highest BCUT2D eigenvalue weighted by Crippen LogP contribution is 2.29. The van der Waals surface area contributed by atoms with E-state index in [1.165, 1.54) is 0 Å². The molecule has 1 aromatic carbocycles. The molecule has 0 saturated carbocycles. The van der Waals surface area contributed by atoms with Crippen LogP contribution in [-0.4, -0.2) is 31.0 Å². The van der Waals surface area contributed by atoms with Crippen molar-refractivity contribution < 1.29 is 18.3 Å². The lowest BCUT2D eigenvalue weighted by Crippen LogP contribution is -2.36. The predicted octanol–water partition coefficient (Wildman–Crippen LogP) is 2.27. The second kappa shape index (κ2) is 6.40. The monoisotopic (exact) mass is 326 g/mol. The predicted molar refractivity (Wildman–Crippen MR) is 67.4 cm³/mol. The Labute approximate surface area is 112 Å². The molecule has 7 heteroatoms. The van der Waals surface area contributed by atoms with Crippen molar-refractivity contribution in [3.63, 3.8) is 0 Å². The van der Waals surface area contributed by atoms with Crippen LogP contribution in [0.4, 0.5) is 18.9 Å². The first-order valence-corrected chi connectivity index (χ1v) is 6.07. The summed E-state index contributed by atoms with van der Waals surface area (Å²) in [6, 6.07) is 4.91. The van der Waals surface area contributed by atoms with Gasteiger partial charge in [0.2, 0.25) is 0 Å². The summed E-state index contributed by atoms with van der Waals surface area (Å²) in [7, 11) is 0. The summed E-state index contributed by atoms with van der Waals surface area (Å²) in [5.74, 6) is 0. The van der Waals surface area contributed by atoms with E-state index in [0.717, 1.165) is 10.5 Å². The molecule has 0 aliphatic rings. The average Bonchev–Trinajstić information content (AvgIpc) is 2.26. The van der Waals surface area contributed by atoms with Crippen molar-refractivity contribution in [2.75, 3.05) is 24.6 Å². The van der Waals surface area contributed by atoms with Crippen molar-refractivity contribution in [1.29, 1.82) is 0 Å². The SMILES string of the molecule is NCc1ccc(N(CCO)CC(F)(F)F)c(Br)c1. The Morgan fingerprint density at radius 1 is 1.33 bits per heavy atom. The van der Waals surface area contributed by atoms with E-state index >= 15 is 0 Å². The molecule has 0 heterocycles. The Hall–Kier alpha value is -0.790. The minimum atomic E-state index is -4.32. The standard InChI is InChI=1S/C11H14BrF3N2O/c12-9-5-8(6-16)1-2-10(9)17(3-4-18)7-11(13,14)15/h1-2,5,18H,3-4,6-7,16H2. The molecule has 0 amide bonds. The first-order valence-electron chi connectivity index (χ1n) is 5.28. The number of nitrogens with zero attached hydrogens (tertiary/aromatic N) is 1. The van der Waals surface area contributed by atoms with Gasteiger partial charge in [-0.2, -0.15) is 13.2 Å². The topological polar surface area (TPSA) is 49.5 Å². The van der Waals surface area contributed by atoms with Gasteiger partial charge < -0.3 is 15.7 Å². The zero-order chi connectivity index (χ0) is 13.8. The summed E-state index contributed by atoms with van der Waals surface area (Å²) >= 11 is 3.22. The van der Waals surface area contributed by atoms with Crippen LogP contribution in [0.2, 0.25) is 0 Å². The Morgan fingerprint density at radius 3 is 2.44 bits per heavy atom. The van der Waals surface area contributed by atoms with Crippen LogP contribution in [0.25, 0.3) is 0 Å². The maximum atomic E-state index is 12.4. The molecule has 0 unspecified atom stereocenters. The van der Waals surface area contributed by atoms with Crippen LogP contribution >= 0.6 is 15.9 Å². The quantitative estimate of drug-likeness (QED) is 0.872. The number of aliphatic hydroxyl groups excluding tert-OH is 1. The van der Waals surface area contributed by atoms with Gasteiger partial charge in [-0.3, -0.25) is 0 Å². The van der Waals surface area contributed by atoms with Gasteiger partial charge in [-0.25, -0.2) is 0 Å². The number of aliphatic hydroxyl groups is 1. The summed E-state index contributed by atoms with van der Waals surface area (Å²) in [5, 5.41) is 8.84. The van der Waals surface area contributed by atoms with Crippen molar-refractivity contribution in [2.45, 2.75) is 12.7 Å². The molecule has 0 saturated heterocycles. The molecule has 0 fully saturated rings. The maximum Gasteiger partial charge on any atom is 0.405 e. The number of alkyl halides is 3. The molecule has 1 aromatic rings. The lowest BCUT2D eigenvalue weighted by atomic mass is 10.2. The summed E-state index contributed by atoms with van der Waals surface area (Å²) in [5.41, 5.74) is 6.66. The number of rotatable bonds is 5. The maximum absolute atomic E-state index is 12.4. The number of nitrogens with two attached hydrogens (primary N) is 1. The lowest BCUT2D eigenvalue weighted by molar-refractivity contribution is -0.119. The van der Waals surface area contributed by atoms with Crippen molar-refractivity contribution in [2.24, 2.45) is 5.73 Å². The van der Waals surface area contributed by atoms with Crippen LogP contribution in [0, 0.1) is 0 Å².